The Balaban J connectivity index is 2.02. The zero-order valence-corrected chi connectivity index (χ0v) is 11.1. The fourth-order valence-corrected chi connectivity index (χ4v) is 2.69. The Morgan fingerprint density at radius 2 is 2.06 bits per heavy atom. The third-order valence-electron chi connectivity index (χ3n) is 3.67. The summed E-state index contributed by atoms with van der Waals surface area (Å²) in [4.78, 5) is 0. The van der Waals surface area contributed by atoms with Gasteiger partial charge in [-0.3, -0.25) is 0 Å². The topological polar surface area (TPSA) is 38.0 Å². The number of nitrogens with two attached hydrogens (primary N) is 1. The molecule has 94 valence electrons. The van der Waals surface area contributed by atoms with E-state index in [1.165, 1.54) is 32.1 Å². The van der Waals surface area contributed by atoms with Gasteiger partial charge in [-0.1, -0.05) is 37.4 Å². The first-order valence-corrected chi connectivity index (χ1v) is 6.85. The van der Waals surface area contributed by atoms with E-state index in [0.29, 0.717) is 16.8 Å². The molecule has 0 radical (unpaired) electrons. The molecule has 2 rings (SSSR count). The minimum absolute atomic E-state index is 0.542. The van der Waals surface area contributed by atoms with Crippen molar-refractivity contribution in [3.8, 4) is 0 Å². The second-order valence-electron chi connectivity index (χ2n) is 5.16. The lowest BCUT2D eigenvalue weighted by Crippen LogP contribution is -2.19. The van der Waals surface area contributed by atoms with Crippen LogP contribution in [0.4, 0.5) is 11.4 Å². The summed E-state index contributed by atoms with van der Waals surface area (Å²) in [5.74, 6) is 0.860. The van der Waals surface area contributed by atoms with Crippen LogP contribution in [0.15, 0.2) is 18.2 Å². The maximum absolute atomic E-state index is 6.02. The first-order valence-electron chi connectivity index (χ1n) is 6.47. The summed E-state index contributed by atoms with van der Waals surface area (Å²) in [6.45, 7) is 2.34. The van der Waals surface area contributed by atoms with E-state index in [4.69, 9.17) is 17.3 Å². The van der Waals surface area contributed by atoms with Gasteiger partial charge in [-0.25, -0.2) is 0 Å². The van der Waals surface area contributed by atoms with Gasteiger partial charge in [-0.2, -0.15) is 0 Å². The largest absolute Gasteiger partial charge is 0.396 e. The van der Waals surface area contributed by atoms with Crippen molar-refractivity contribution in [3.63, 3.8) is 0 Å². The Morgan fingerprint density at radius 3 is 2.88 bits per heavy atom. The van der Waals surface area contributed by atoms with Gasteiger partial charge < -0.3 is 11.1 Å². The lowest BCUT2D eigenvalue weighted by molar-refractivity contribution is 0.502. The van der Waals surface area contributed by atoms with E-state index in [1.807, 2.05) is 18.2 Å². The maximum Gasteiger partial charge on any atom is 0.0739 e. The molecule has 0 aliphatic heterocycles. The van der Waals surface area contributed by atoms with Crippen LogP contribution < -0.4 is 11.1 Å². The van der Waals surface area contributed by atoms with Crippen LogP contribution in [0.1, 0.15) is 39.0 Å². The van der Waals surface area contributed by atoms with E-state index in [0.717, 1.165) is 11.6 Å². The van der Waals surface area contributed by atoms with Crippen LogP contribution in [0.25, 0.3) is 0 Å². The van der Waals surface area contributed by atoms with Crippen LogP contribution in [0.2, 0.25) is 5.02 Å². The SMILES string of the molecule is CC1CCCC(Nc2cccc(Cl)c2N)CC1. The van der Waals surface area contributed by atoms with E-state index in [2.05, 4.69) is 12.2 Å². The van der Waals surface area contributed by atoms with Crippen LogP contribution in [0, 0.1) is 5.92 Å². The van der Waals surface area contributed by atoms with E-state index in [9.17, 15) is 0 Å². The Morgan fingerprint density at radius 1 is 1.24 bits per heavy atom. The van der Waals surface area contributed by atoms with Gasteiger partial charge in [0.1, 0.15) is 0 Å². The molecule has 1 aromatic rings. The van der Waals surface area contributed by atoms with Crippen molar-refractivity contribution in [1.29, 1.82) is 0 Å². The van der Waals surface area contributed by atoms with Crippen LogP contribution in [-0.2, 0) is 0 Å². The van der Waals surface area contributed by atoms with Crippen LogP contribution >= 0.6 is 11.6 Å². The second kappa shape index (κ2) is 5.63. The fourth-order valence-electron chi connectivity index (χ4n) is 2.51. The van der Waals surface area contributed by atoms with Crippen molar-refractivity contribution < 1.29 is 0 Å². The third kappa shape index (κ3) is 3.29. The van der Waals surface area contributed by atoms with E-state index < -0.39 is 0 Å². The van der Waals surface area contributed by atoms with Crippen molar-refractivity contribution in [3.05, 3.63) is 23.2 Å². The van der Waals surface area contributed by atoms with E-state index in [-0.39, 0.29) is 0 Å². The first-order chi connectivity index (χ1) is 8.16. The maximum atomic E-state index is 6.02. The van der Waals surface area contributed by atoms with Gasteiger partial charge in [0.2, 0.25) is 0 Å². The quantitative estimate of drug-likeness (QED) is 0.608. The number of rotatable bonds is 2. The Bertz CT molecular complexity index is 378. The summed E-state index contributed by atoms with van der Waals surface area (Å²) in [6.07, 6.45) is 6.42. The summed E-state index contributed by atoms with van der Waals surface area (Å²) in [5, 5.41) is 4.18. The summed E-state index contributed by atoms with van der Waals surface area (Å²) < 4.78 is 0. The van der Waals surface area contributed by atoms with Crippen LogP contribution in [0.5, 0.6) is 0 Å². The van der Waals surface area contributed by atoms with Crippen molar-refractivity contribution in [1.82, 2.24) is 0 Å². The average molecular weight is 253 g/mol. The lowest BCUT2D eigenvalue weighted by atomic mass is 10.0. The van der Waals surface area contributed by atoms with Gasteiger partial charge in [0.25, 0.3) is 0 Å². The summed E-state index contributed by atoms with van der Waals surface area (Å²) in [6, 6.07) is 6.33. The van der Waals surface area contributed by atoms with Crippen molar-refractivity contribution in [2.75, 3.05) is 11.1 Å². The molecule has 1 fully saturated rings. The summed E-state index contributed by atoms with van der Waals surface area (Å²) in [5.41, 5.74) is 7.63. The van der Waals surface area contributed by atoms with Gasteiger partial charge >= 0.3 is 0 Å². The number of hydrogen-bond donors (Lipinski definition) is 2. The molecule has 2 unspecified atom stereocenters. The molecule has 2 nitrogen and oxygen atoms in total. The number of anilines is 2. The molecule has 1 aliphatic carbocycles. The Labute approximate surface area is 109 Å². The highest BCUT2D eigenvalue weighted by molar-refractivity contribution is 6.33. The molecule has 0 heterocycles. The Kier molecular flexibility index (Phi) is 4.16. The molecule has 1 aromatic carbocycles. The standard InChI is InChI=1S/C14H21ClN2/c1-10-4-2-5-11(9-8-10)17-13-7-3-6-12(15)14(13)16/h3,6-7,10-11,17H,2,4-5,8-9,16H2,1H3. The Hall–Kier alpha value is -0.890. The number of halogens is 1. The predicted molar refractivity (Wildman–Crippen MR) is 75.5 cm³/mol. The first kappa shape index (κ1) is 12.6. The zero-order valence-electron chi connectivity index (χ0n) is 10.4. The highest BCUT2D eigenvalue weighted by Gasteiger charge is 2.16. The number of hydrogen-bond acceptors (Lipinski definition) is 2. The molecule has 2 atom stereocenters. The smallest absolute Gasteiger partial charge is 0.0739 e. The monoisotopic (exact) mass is 252 g/mol. The van der Waals surface area contributed by atoms with E-state index in [1.54, 1.807) is 0 Å². The molecule has 0 spiro atoms. The zero-order chi connectivity index (χ0) is 12.3. The molecule has 3 N–H and O–H groups in total. The molecule has 0 aromatic heterocycles. The van der Waals surface area contributed by atoms with E-state index >= 15 is 0 Å². The number of para-hydroxylation sites is 1. The van der Waals surface area contributed by atoms with Crippen molar-refractivity contribution in [2.45, 2.75) is 45.1 Å². The molecule has 17 heavy (non-hydrogen) atoms. The second-order valence-corrected chi connectivity index (χ2v) is 5.56. The number of benzene rings is 1. The van der Waals surface area contributed by atoms with Gasteiger partial charge in [-0.05, 0) is 37.3 Å². The molecule has 0 saturated heterocycles. The molecule has 0 bridgehead atoms. The van der Waals surface area contributed by atoms with Gasteiger partial charge in [-0.15, -0.1) is 0 Å². The molecule has 3 heteroatoms. The van der Waals surface area contributed by atoms with Crippen LogP contribution in [0.3, 0.4) is 0 Å². The number of nitrogens with one attached hydrogen (secondary N) is 1. The molecular formula is C14H21ClN2. The van der Waals surface area contributed by atoms with Gasteiger partial charge in [0, 0.05) is 6.04 Å². The van der Waals surface area contributed by atoms with Gasteiger partial charge in [0.05, 0.1) is 16.4 Å². The lowest BCUT2D eigenvalue weighted by Gasteiger charge is -2.19. The molecular weight excluding hydrogens is 232 g/mol. The molecule has 0 amide bonds. The fraction of sp³-hybridized carbons (Fsp3) is 0.571. The van der Waals surface area contributed by atoms with Crippen molar-refractivity contribution in [2.24, 2.45) is 5.92 Å². The third-order valence-corrected chi connectivity index (χ3v) is 4.00. The highest BCUT2D eigenvalue weighted by Crippen LogP contribution is 2.30. The minimum atomic E-state index is 0.542. The number of nitrogen functional groups attached to an aromatic ring is 1. The molecule has 1 aliphatic rings. The van der Waals surface area contributed by atoms with Crippen LogP contribution in [-0.4, -0.2) is 6.04 Å². The predicted octanol–water partition coefficient (Wildman–Crippen LogP) is 4.30. The van der Waals surface area contributed by atoms with Crippen molar-refractivity contribution >= 4 is 23.0 Å². The highest BCUT2D eigenvalue weighted by atomic mass is 35.5. The summed E-state index contributed by atoms with van der Waals surface area (Å²) >= 11 is 6.02. The average Bonchev–Trinajstić information content (AvgIpc) is 2.50. The normalized spacial score (nSPS) is 25.3. The molecule has 1 saturated carbocycles. The minimum Gasteiger partial charge on any atom is -0.396 e. The van der Waals surface area contributed by atoms with Gasteiger partial charge in [0.15, 0.2) is 0 Å². The summed E-state index contributed by atoms with van der Waals surface area (Å²) in [7, 11) is 0.